The number of nitrogens with zero attached hydrogens (tertiary/aromatic N) is 3. The summed E-state index contributed by atoms with van der Waals surface area (Å²) < 4.78 is 5.54. The zero-order valence-corrected chi connectivity index (χ0v) is 11.5. The maximum Gasteiger partial charge on any atom is 0.226 e. The van der Waals surface area contributed by atoms with Crippen LogP contribution in [0, 0.1) is 6.92 Å². The van der Waals surface area contributed by atoms with E-state index in [0.717, 1.165) is 17.7 Å². The SMILES string of the molecule is CCCOc1cc(C)nc(NC(C)c2cn[nH]c2)n1. The Bertz CT molecular complexity index is 512. The maximum absolute atomic E-state index is 5.54. The highest BCUT2D eigenvalue weighted by molar-refractivity contribution is 5.33. The van der Waals surface area contributed by atoms with Crippen LogP contribution >= 0.6 is 0 Å². The lowest BCUT2D eigenvalue weighted by Gasteiger charge is -2.13. The van der Waals surface area contributed by atoms with Gasteiger partial charge in [-0.2, -0.15) is 10.1 Å². The van der Waals surface area contributed by atoms with Gasteiger partial charge in [0.2, 0.25) is 11.8 Å². The number of aromatic nitrogens is 4. The van der Waals surface area contributed by atoms with Crippen LogP contribution in [0.2, 0.25) is 0 Å². The highest BCUT2D eigenvalue weighted by atomic mass is 16.5. The normalized spacial score (nSPS) is 12.2. The number of aromatic amines is 1. The van der Waals surface area contributed by atoms with Crippen LogP contribution in [0.4, 0.5) is 5.95 Å². The Morgan fingerprint density at radius 3 is 2.95 bits per heavy atom. The van der Waals surface area contributed by atoms with E-state index in [1.54, 1.807) is 6.20 Å². The number of hydrogen-bond acceptors (Lipinski definition) is 5. The van der Waals surface area contributed by atoms with E-state index in [0.29, 0.717) is 18.4 Å². The van der Waals surface area contributed by atoms with Crippen LogP contribution in [0.25, 0.3) is 0 Å². The van der Waals surface area contributed by atoms with Crippen molar-refractivity contribution in [1.29, 1.82) is 0 Å². The van der Waals surface area contributed by atoms with Crippen LogP contribution in [0.5, 0.6) is 5.88 Å². The molecule has 2 N–H and O–H groups in total. The Hall–Kier alpha value is -2.11. The summed E-state index contributed by atoms with van der Waals surface area (Å²) in [6.45, 7) is 6.68. The molecule has 2 heterocycles. The van der Waals surface area contributed by atoms with Crippen LogP contribution in [-0.4, -0.2) is 26.8 Å². The lowest BCUT2D eigenvalue weighted by Crippen LogP contribution is -2.10. The van der Waals surface area contributed by atoms with E-state index in [-0.39, 0.29) is 6.04 Å². The van der Waals surface area contributed by atoms with Gasteiger partial charge in [0.25, 0.3) is 0 Å². The molecule has 0 saturated carbocycles. The van der Waals surface area contributed by atoms with Gasteiger partial charge in [0.1, 0.15) is 0 Å². The minimum Gasteiger partial charge on any atom is -0.478 e. The smallest absolute Gasteiger partial charge is 0.226 e. The molecule has 0 aliphatic rings. The van der Waals surface area contributed by atoms with Crippen LogP contribution in [0.3, 0.4) is 0 Å². The van der Waals surface area contributed by atoms with Gasteiger partial charge in [0, 0.05) is 23.5 Å². The molecule has 2 aromatic rings. The number of H-pyrrole nitrogens is 1. The zero-order chi connectivity index (χ0) is 13.7. The third kappa shape index (κ3) is 3.67. The Kier molecular flexibility index (Phi) is 4.33. The van der Waals surface area contributed by atoms with Crippen molar-refractivity contribution in [2.24, 2.45) is 0 Å². The first-order chi connectivity index (χ1) is 9.19. The molecule has 0 fully saturated rings. The van der Waals surface area contributed by atoms with Gasteiger partial charge in [-0.3, -0.25) is 5.10 Å². The van der Waals surface area contributed by atoms with Crippen molar-refractivity contribution >= 4 is 5.95 Å². The third-order valence-electron chi connectivity index (χ3n) is 2.65. The molecule has 6 nitrogen and oxygen atoms in total. The molecule has 0 spiro atoms. The molecule has 2 rings (SSSR count). The first-order valence-electron chi connectivity index (χ1n) is 6.42. The van der Waals surface area contributed by atoms with Crippen LogP contribution in [-0.2, 0) is 0 Å². The van der Waals surface area contributed by atoms with E-state index in [1.165, 1.54) is 0 Å². The minimum atomic E-state index is 0.0829. The molecule has 6 heteroatoms. The van der Waals surface area contributed by atoms with Crippen molar-refractivity contribution in [2.75, 3.05) is 11.9 Å². The molecule has 19 heavy (non-hydrogen) atoms. The lowest BCUT2D eigenvalue weighted by molar-refractivity contribution is 0.305. The van der Waals surface area contributed by atoms with Crippen LogP contribution in [0.15, 0.2) is 18.5 Å². The first kappa shape index (κ1) is 13.3. The lowest BCUT2D eigenvalue weighted by atomic mass is 10.2. The molecule has 2 aromatic heterocycles. The minimum absolute atomic E-state index is 0.0829. The number of aryl methyl sites for hydroxylation is 1. The van der Waals surface area contributed by atoms with Crippen LogP contribution in [0.1, 0.15) is 37.6 Å². The largest absolute Gasteiger partial charge is 0.478 e. The van der Waals surface area contributed by atoms with Gasteiger partial charge in [-0.15, -0.1) is 0 Å². The van der Waals surface area contributed by atoms with E-state index >= 15 is 0 Å². The second kappa shape index (κ2) is 6.17. The Morgan fingerprint density at radius 2 is 2.26 bits per heavy atom. The predicted octanol–water partition coefficient (Wildman–Crippen LogP) is 2.47. The summed E-state index contributed by atoms with van der Waals surface area (Å²) in [4.78, 5) is 8.70. The van der Waals surface area contributed by atoms with E-state index < -0.39 is 0 Å². The summed E-state index contributed by atoms with van der Waals surface area (Å²) >= 11 is 0. The molecule has 0 aliphatic heterocycles. The summed E-state index contributed by atoms with van der Waals surface area (Å²) in [5.41, 5.74) is 1.93. The molecule has 1 unspecified atom stereocenters. The third-order valence-corrected chi connectivity index (χ3v) is 2.65. The zero-order valence-electron chi connectivity index (χ0n) is 11.5. The molecule has 0 aromatic carbocycles. The molecular formula is C13H19N5O. The van der Waals surface area contributed by atoms with Crippen molar-refractivity contribution in [2.45, 2.75) is 33.2 Å². The van der Waals surface area contributed by atoms with Gasteiger partial charge in [-0.25, -0.2) is 4.98 Å². The molecule has 102 valence electrons. The molecule has 0 amide bonds. The molecular weight excluding hydrogens is 242 g/mol. The van der Waals surface area contributed by atoms with E-state index in [9.17, 15) is 0 Å². The highest BCUT2D eigenvalue weighted by Crippen LogP contribution is 2.18. The number of rotatable bonds is 6. The Morgan fingerprint density at radius 1 is 1.42 bits per heavy atom. The van der Waals surface area contributed by atoms with Gasteiger partial charge in [0.05, 0.1) is 18.8 Å². The topological polar surface area (TPSA) is 75.7 Å². The van der Waals surface area contributed by atoms with Crippen molar-refractivity contribution in [3.63, 3.8) is 0 Å². The number of nitrogens with one attached hydrogen (secondary N) is 2. The monoisotopic (exact) mass is 261 g/mol. The molecule has 0 radical (unpaired) electrons. The average molecular weight is 261 g/mol. The summed E-state index contributed by atoms with van der Waals surface area (Å²) in [6.07, 6.45) is 4.58. The number of hydrogen-bond donors (Lipinski definition) is 2. The predicted molar refractivity (Wildman–Crippen MR) is 73.2 cm³/mol. The quantitative estimate of drug-likeness (QED) is 0.835. The maximum atomic E-state index is 5.54. The van der Waals surface area contributed by atoms with Crippen molar-refractivity contribution in [3.05, 3.63) is 29.7 Å². The van der Waals surface area contributed by atoms with Gasteiger partial charge < -0.3 is 10.1 Å². The fourth-order valence-electron chi connectivity index (χ4n) is 1.66. The van der Waals surface area contributed by atoms with E-state index in [1.807, 2.05) is 26.1 Å². The molecule has 1 atom stereocenters. The van der Waals surface area contributed by atoms with Crippen molar-refractivity contribution in [3.8, 4) is 5.88 Å². The van der Waals surface area contributed by atoms with Crippen LogP contribution < -0.4 is 10.1 Å². The van der Waals surface area contributed by atoms with Gasteiger partial charge in [0.15, 0.2) is 0 Å². The number of ether oxygens (including phenoxy) is 1. The summed E-state index contributed by atoms with van der Waals surface area (Å²) in [5.74, 6) is 1.18. The van der Waals surface area contributed by atoms with E-state index in [4.69, 9.17) is 4.74 Å². The summed E-state index contributed by atoms with van der Waals surface area (Å²) in [6, 6.07) is 1.92. The highest BCUT2D eigenvalue weighted by Gasteiger charge is 2.09. The molecule has 0 bridgehead atoms. The Balaban J connectivity index is 2.09. The van der Waals surface area contributed by atoms with Crippen molar-refractivity contribution in [1.82, 2.24) is 20.2 Å². The Labute approximate surface area is 112 Å². The molecule has 0 aliphatic carbocycles. The second-order valence-corrected chi connectivity index (χ2v) is 4.42. The van der Waals surface area contributed by atoms with E-state index in [2.05, 4.69) is 32.4 Å². The fraction of sp³-hybridized carbons (Fsp3) is 0.462. The van der Waals surface area contributed by atoms with Crippen molar-refractivity contribution < 1.29 is 4.74 Å². The summed E-state index contributed by atoms with van der Waals surface area (Å²) in [7, 11) is 0. The fourth-order valence-corrected chi connectivity index (χ4v) is 1.66. The first-order valence-corrected chi connectivity index (χ1v) is 6.42. The van der Waals surface area contributed by atoms with Gasteiger partial charge >= 0.3 is 0 Å². The second-order valence-electron chi connectivity index (χ2n) is 4.42. The van der Waals surface area contributed by atoms with Gasteiger partial charge in [-0.1, -0.05) is 6.92 Å². The molecule has 0 saturated heterocycles. The standard InChI is InChI=1S/C13H19N5O/c1-4-5-19-12-6-9(2)16-13(18-12)17-10(3)11-7-14-15-8-11/h6-8,10H,4-5H2,1-3H3,(H,14,15)(H,16,17,18). The number of anilines is 1. The van der Waals surface area contributed by atoms with Gasteiger partial charge in [-0.05, 0) is 20.3 Å². The average Bonchev–Trinajstić information content (AvgIpc) is 2.89. The summed E-state index contributed by atoms with van der Waals surface area (Å²) in [5, 5.41) is 9.96.